The van der Waals surface area contributed by atoms with Crippen molar-refractivity contribution in [2.75, 3.05) is 0 Å². The predicted molar refractivity (Wildman–Crippen MR) is 120 cm³/mol. The van der Waals surface area contributed by atoms with E-state index in [1.165, 1.54) is 0 Å². The lowest BCUT2D eigenvalue weighted by Crippen LogP contribution is -2.44. The van der Waals surface area contributed by atoms with Gasteiger partial charge < -0.3 is 0 Å². The van der Waals surface area contributed by atoms with Gasteiger partial charge in [-0.1, -0.05) is 0 Å². The van der Waals surface area contributed by atoms with Gasteiger partial charge >= 0.3 is 0 Å². The monoisotopic (exact) mass is 534 g/mol. The fourth-order valence-electron chi connectivity index (χ4n) is 2.62. The van der Waals surface area contributed by atoms with Crippen LogP contribution in [0, 0.1) is 40.5 Å². The highest BCUT2D eigenvalue weighted by Gasteiger charge is 2.21. The Labute approximate surface area is 208 Å². The van der Waals surface area contributed by atoms with Crippen LogP contribution in [-0.2, 0) is 9.59 Å². The van der Waals surface area contributed by atoms with Gasteiger partial charge in [-0.25, -0.2) is 0 Å². The molecule has 0 saturated heterocycles. The summed E-state index contributed by atoms with van der Waals surface area (Å²) in [6.45, 7) is 0. The van der Waals surface area contributed by atoms with Crippen LogP contribution < -0.4 is 21.7 Å². The third-order valence-corrected chi connectivity index (χ3v) is 4.38. The van der Waals surface area contributed by atoms with E-state index < -0.39 is 90.0 Å². The van der Waals surface area contributed by atoms with Crippen molar-refractivity contribution in [1.82, 2.24) is 21.7 Å². The number of hydrogen-bond acceptors (Lipinski definition) is 12. The average Bonchev–Trinajstić information content (AvgIpc) is 2.88. The molecule has 0 aliphatic rings. The number of benzene rings is 2. The van der Waals surface area contributed by atoms with Crippen molar-refractivity contribution in [3.8, 4) is 0 Å². The largest absolute Gasteiger partial charge is 0.277 e. The highest BCUT2D eigenvalue weighted by Crippen LogP contribution is 2.23. The Kier molecular flexibility index (Phi) is 8.93. The molecule has 0 aliphatic carbocycles. The number of nitrogens with one attached hydrogen (secondary N) is 4. The summed E-state index contributed by atoms with van der Waals surface area (Å²) in [5.41, 5.74) is 3.51. The smallest absolute Gasteiger partial charge is 0.273 e. The number of non-ortho nitro benzene ring substituents is 4. The Bertz CT molecular complexity index is 1210. The van der Waals surface area contributed by atoms with E-state index >= 15 is 0 Å². The topological polar surface area (TPSA) is 289 Å². The summed E-state index contributed by atoms with van der Waals surface area (Å²) in [6.07, 6.45) is -1.11. The summed E-state index contributed by atoms with van der Waals surface area (Å²) < 4.78 is 0. The van der Waals surface area contributed by atoms with E-state index in [0.29, 0.717) is 12.1 Å². The Morgan fingerprint density at radius 2 is 0.763 bits per heavy atom. The molecule has 20 nitrogen and oxygen atoms in total. The average molecular weight is 534 g/mol. The number of carbonyl (C=O) groups is 4. The Balaban J connectivity index is 1.88. The maximum atomic E-state index is 12.1. The van der Waals surface area contributed by atoms with Crippen molar-refractivity contribution >= 4 is 46.4 Å². The first-order valence-corrected chi connectivity index (χ1v) is 9.84. The molecule has 0 atom stereocenters. The van der Waals surface area contributed by atoms with E-state index in [0.717, 1.165) is 24.3 Å². The van der Waals surface area contributed by atoms with Crippen LogP contribution in [0.3, 0.4) is 0 Å². The summed E-state index contributed by atoms with van der Waals surface area (Å²) in [7, 11) is 0. The molecule has 0 aliphatic heterocycles. The molecule has 0 spiro atoms. The highest BCUT2D eigenvalue weighted by molar-refractivity contribution is 5.98. The molecular formula is C18H14N8O12. The number of hydrogen-bond donors (Lipinski definition) is 4. The number of rotatable bonds is 9. The van der Waals surface area contributed by atoms with Gasteiger partial charge in [0.05, 0.1) is 43.0 Å². The lowest BCUT2D eigenvalue weighted by molar-refractivity contribution is -0.394. The number of carbonyl (C=O) groups excluding carboxylic acids is 4. The molecule has 2 rings (SSSR count). The van der Waals surface area contributed by atoms with Crippen LogP contribution in [0.1, 0.15) is 33.6 Å². The summed E-state index contributed by atoms with van der Waals surface area (Å²) in [5.74, 6) is -4.14. The van der Waals surface area contributed by atoms with Crippen molar-refractivity contribution in [1.29, 1.82) is 0 Å². The number of amides is 4. The normalized spacial score (nSPS) is 10.0. The van der Waals surface area contributed by atoms with Crippen LogP contribution in [-0.4, -0.2) is 43.3 Å². The van der Waals surface area contributed by atoms with Crippen LogP contribution in [0.2, 0.25) is 0 Å². The minimum atomic E-state index is -1.13. The van der Waals surface area contributed by atoms with Crippen molar-refractivity contribution < 1.29 is 38.9 Å². The molecule has 0 fully saturated rings. The van der Waals surface area contributed by atoms with Gasteiger partial charge in [-0.3, -0.25) is 81.3 Å². The number of nitro benzene ring substituents is 4. The Hall–Kier alpha value is -6.08. The molecule has 0 aromatic heterocycles. The second-order valence-corrected chi connectivity index (χ2v) is 7.01. The number of nitrogens with zero attached hydrogens (tertiary/aromatic N) is 4. The van der Waals surface area contributed by atoms with E-state index in [-0.39, 0.29) is 0 Å². The second kappa shape index (κ2) is 12.1. The van der Waals surface area contributed by atoms with Gasteiger partial charge in [-0.15, -0.1) is 0 Å². The lowest BCUT2D eigenvalue weighted by Gasteiger charge is -2.09. The maximum Gasteiger partial charge on any atom is 0.277 e. The molecule has 4 amide bonds. The zero-order chi connectivity index (χ0) is 28.6. The number of nitro groups is 4. The molecule has 0 saturated carbocycles. The van der Waals surface area contributed by atoms with Gasteiger partial charge in [0.15, 0.2) is 0 Å². The SMILES string of the molecule is O=C(CCC(=O)NNC(=O)c1cc([N+](=O)[O-])cc([N+](=O)[O-])c1)NNC(=O)c1cc([N+](=O)[O-])cc([N+](=O)[O-])c1. The molecule has 0 heterocycles. The van der Waals surface area contributed by atoms with Gasteiger partial charge in [-0.2, -0.15) is 0 Å². The molecule has 38 heavy (non-hydrogen) atoms. The minimum absolute atomic E-state index is 0.506. The third kappa shape index (κ3) is 7.72. The van der Waals surface area contributed by atoms with Gasteiger partial charge in [0.1, 0.15) is 0 Å². The summed E-state index contributed by atoms with van der Waals surface area (Å²) in [6, 6.07) is 4.21. The molecule has 0 radical (unpaired) electrons. The first kappa shape index (κ1) is 28.2. The van der Waals surface area contributed by atoms with Gasteiger partial charge in [0.25, 0.3) is 34.6 Å². The molecule has 198 valence electrons. The molecule has 2 aromatic rings. The summed E-state index contributed by atoms with van der Waals surface area (Å²) in [5, 5.41) is 43.6. The second-order valence-electron chi connectivity index (χ2n) is 7.01. The molecule has 0 unspecified atom stereocenters. The fraction of sp³-hybridized carbons (Fsp3) is 0.111. The van der Waals surface area contributed by atoms with E-state index in [1.54, 1.807) is 0 Å². The van der Waals surface area contributed by atoms with Crippen molar-refractivity contribution in [2.24, 2.45) is 0 Å². The standard InChI is InChI=1S/C18H14N8O12/c27-15(19-21-17(29)9-3-11(23(31)32)7-12(4-9)24(33)34)1-2-16(28)20-22-18(30)10-5-13(25(35)36)8-14(6-10)26(37)38/h3-8H,1-2H2,(H,19,27)(H,20,28)(H,21,29)(H,22,30). The van der Waals surface area contributed by atoms with Gasteiger partial charge in [-0.05, 0) is 0 Å². The zero-order valence-electron chi connectivity index (χ0n) is 18.6. The Morgan fingerprint density at radius 3 is 1.00 bits per heavy atom. The van der Waals surface area contributed by atoms with Crippen molar-refractivity contribution in [3.63, 3.8) is 0 Å². The molecule has 4 N–H and O–H groups in total. The van der Waals surface area contributed by atoms with Crippen LogP contribution in [0.25, 0.3) is 0 Å². The van der Waals surface area contributed by atoms with E-state index in [1.807, 2.05) is 21.7 Å². The van der Waals surface area contributed by atoms with Crippen molar-refractivity contribution in [3.05, 3.63) is 88.0 Å². The highest BCUT2D eigenvalue weighted by atomic mass is 16.6. The summed E-state index contributed by atoms with van der Waals surface area (Å²) >= 11 is 0. The van der Waals surface area contributed by atoms with E-state index in [4.69, 9.17) is 0 Å². The van der Waals surface area contributed by atoms with Crippen molar-refractivity contribution in [2.45, 2.75) is 12.8 Å². The number of hydrazine groups is 2. The molecule has 0 bridgehead atoms. The van der Waals surface area contributed by atoms with Crippen LogP contribution in [0.4, 0.5) is 22.7 Å². The third-order valence-electron chi connectivity index (χ3n) is 4.38. The van der Waals surface area contributed by atoms with Gasteiger partial charge in [0, 0.05) is 37.1 Å². The van der Waals surface area contributed by atoms with Crippen LogP contribution in [0.5, 0.6) is 0 Å². The summed E-state index contributed by atoms with van der Waals surface area (Å²) in [4.78, 5) is 87.6. The molecule has 20 heteroatoms. The first-order valence-electron chi connectivity index (χ1n) is 9.84. The molecular weight excluding hydrogens is 520 g/mol. The van der Waals surface area contributed by atoms with Gasteiger partial charge in [0.2, 0.25) is 11.8 Å². The van der Waals surface area contributed by atoms with Crippen LogP contribution in [0.15, 0.2) is 36.4 Å². The zero-order valence-corrected chi connectivity index (χ0v) is 18.6. The first-order chi connectivity index (χ1) is 17.8. The molecule has 2 aromatic carbocycles. The Morgan fingerprint density at radius 1 is 0.500 bits per heavy atom. The fourth-order valence-corrected chi connectivity index (χ4v) is 2.62. The van der Waals surface area contributed by atoms with E-state index in [2.05, 4.69) is 0 Å². The minimum Gasteiger partial charge on any atom is -0.273 e. The quantitative estimate of drug-likeness (QED) is 0.250. The maximum absolute atomic E-state index is 12.1. The van der Waals surface area contributed by atoms with Crippen LogP contribution >= 0.6 is 0 Å². The predicted octanol–water partition coefficient (Wildman–Crippen LogP) is 0.322. The van der Waals surface area contributed by atoms with E-state index in [9.17, 15) is 59.6 Å². The lowest BCUT2D eigenvalue weighted by atomic mass is 10.1.